The molecule has 1 heterocycles. The van der Waals surface area contributed by atoms with Crippen molar-refractivity contribution in [1.82, 2.24) is 9.55 Å². The van der Waals surface area contributed by atoms with Crippen molar-refractivity contribution in [3.05, 3.63) is 78.6 Å². The Morgan fingerprint density at radius 2 is 1.67 bits per heavy atom. The lowest BCUT2D eigenvalue weighted by Gasteiger charge is -2.19. The Balaban J connectivity index is 1.87. The minimum atomic E-state index is 0.260. The molecule has 0 saturated carbocycles. The summed E-state index contributed by atoms with van der Waals surface area (Å²) in [5, 5.41) is 3.54. The monoisotopic (exact) mass is 277 g/mol. The lowest BCUT2D eigenvalue weighted by atomic mass is 10.1. The number of aromatic nitrogens is 2. The molecule has 1 unspecified atom stereocenters. The first-order chi connectivity index (χ1) is 10.4. The Morgan fingerprint density at radius 1 is 1.00 bits per heavy atom. The molecule has 0 bridgehead atoms. The zero-order valence-corrected chi connectivity index (χ0v) is 12.1. The highest BCUT2D eigenvalue weighted by molar-refractivity contribution is 5.43. The van der Waals surface area contributed by atoms with Crippen LogP contribution in [0.1, 0.15) is 24.9 Å². The maximum absolute atomic E-state index is 4.46. The lowest BCUT2D eigenvalue weighted by molar-refractivity contribution is 0.735. The largest absolute Gasteiger partial charge is 0.349 e. The first-order valence-corrected chi connectivity index (χ1v) is 7.28. The predicted octanol–water partition coefficient (Wildman–Crippen LogP) is 4.44. The van der Waals surface area contributed by atoms with E-state index >= 15 is 0 Å². The molecule has 0 radical (unpaired) electrons. The standard InChI is InChI=1S/C18H19N3/c1-2-17(15-9-5-3-6-10-15)20-18-19-13-14-21(18)16-11-7-4-8-12-16/h3-14,17H,2H2,1H3,(H,19,20). The maximum atomic E-state index is 4.46. The van der Waals surface area contributed by atoms with Crippen LogP contribution in [-0.2, 0) is 0 Å². The van der Waals surface area contributed by atoms with Gasteiger partial charge in [-0.3, -0.25) is 4.57 Å². The van der Waals surface area contributed by atoms with Crippen LogP contribution in [0.5, 0.6) is 0 Å². The molecular weight excluding hydrogens is 258 g/mol. The summed E-state index contributed by atoms with van der Waals surface area (Å²) in [6.45, 7) is 2.18. The van der Waals surface area contributed by atoms with E-state index < -0.39 is 0 Å². The summed E-state index contributed by atoms with van der Waals surface area (Å²) >= 11 is 0. The van der Waals surface area contributed by atoms with Crippen LogP contribution in [0, 0.1) is 0 Å². The number of para-hydroxylation sites is 1. The van der Waals surface area contributed by atoms with Gasteiger partial charge in [0.1, 0.15) is 0 Å². The third-order valence-electron chi connectivity index (χ3n) is 3.59. The number of rotatable bonds is 5. The van der Waals surface area contributed by atoms with Crippen molar-refractivity contribution < 1.29 is 0 Å². The zero-order chi connectivity index (χ0) is 14.5. The molecule has 2 aromatic carbocycles. The van der Waals surface area contributed by atoms with Crippen LogP contribution in [0.2, 0.25) is 0 Å². The van der Waals surface area contributed by atoms with E-state index in [0.717, 1.165) is 18.1 Å². The highest BCUT2D eigenvalue weighted by Crippen LogP contribution is 2.23. The summed E-state index contributed by atoms with van der Waals surface area (Å²) in [6, 6.07) is 21.0. The second-order valence-corrected chi connectivity index (χ2v) is 4.97. The van der Waals surface area contributed by atoms with Gasteiger partial charge in [0.15, 0.2) is 0 Å². The summed E-state index contributed by atoms with van der Waals surface area (Å²) in [6.07, 6.45) is 4.81. The number of imidazole rings is 1. The SMILES string of the molecule is CCC(Nc1nccn1-c1ccccc1)c1ccccc1. The van der Waals surface area contributed by atoms with Crippen molar-refractivity contribution in [2.45, 2.75) is 19.4 Å². The molecule has 0 amide bonds. The molecule has 1 aromatic heterocycles. The van der Waals surface area contributed by atoms with Crippen LogP contribution in [0.3, 0.4) is 0 Å². The summed E-state index contributed by atoms with van der Waals surface area (Å²) in [4.78, 5) is 4.46. The van der Waals surface area contributed by atoms with Crippen molar-refractivity contribution in [3.63, 3.8) is 0 Å². The second-order valence-electron chi connectivity index (χ2n) is 4.97. The minimum absolute atomic E-state index is 0.260. The van der Waals surface area contributed by atoms with Gasteiger partial charge in [-0.05, 0) is 24.1 Å². The fraction of sp³-hybridized carbons (Fsp3) is 0.167. The van der Waals surface area contributed by atoms with Crippen LogP contribution < -0.4 is 5.32 Å². The summed E-state index contributed by atoms with van der Waals surface area (Å²) < 4.78 is 2.08. The van der Waals surface area contributed by atoms with Crippen molar-refractivity contribution in [2.75, 3.05) is 5.32 Å². The highest BCUT2D eigenvalue weighted by Gasteiger charge is 2.12. The number of hydrogen-bond acceptors (Lipinski definition) is 2. The van der Waals surface area contributed by atoms with E-state index in [2.05, 4.69) is 58.2 Å². The molecule has 1 N–H and O–H groups in total. The van der Waals surface area contributed by atoms with Gasteiger partial charge in [0.05, 0.1) is 6.04 Å². The average Bonchev–Trinajstić information content (AvgIpc) is 3.02. The average molecular weight is 277 g/mol. The molecule has 0 aliphatic heterocycles. The third-order valence-corrected chi connectivity index (χ3v) is 3.59. The van der Waals surface area contributed by atoms with Crippen LogP contribution in [0.15, 0.2) is 73.1 Å². The Labute approximate surface area is 125 Å². The molecular formula is C18H19N3. The highest BCUT2D eigenvalue weighted by atomic mass is 15.2. The van der Waals surface area contributed by atoms with Gasteiger partial charge in [0.2, 0.25) is 5.95 Å². The van der Waals surface area contributed by atoms with E-state index in [0.29, 0.717) is 0 Å². The van der Waals surface area contributed by atoms with E-state index in [1.54, 1.807) is 0 Å². The van der Waals surface area contributed by atoms with Gasteiger partial charge in [-0.2, -0.15) is 0 Å². The number of hydrogen-bond donors (Lipinski definition) is 1. The van der Waals surface area contributed by atoms with Gasteiger partial charge < -0.3 is 5.32 Å². The topological polar surface area (TPSA) is 29.9 Å². The zero-order valence-electron chi connectivity index (χ0n) is 12.1. The maximum Gasteiger partial charge on any atom is 0.207 e. The molecule has 0 saturated heterocycles. The van der Waals surface area contributed by atoms with E-state index in [4.69, 9.17) is 0 Å². The van der Waals surface area contributed by atoms with Crippen LogP contribution in [0.4, 0.5) is 5.95 Å². The summed E-state index contributed by atoms with van der Waals surface area (Å²) in [7, 11) is 0. The number of nitrogens with zero attached hydrogens (tertiary/aromatic N) is 2. The van der Waals surface area contributed by atoms with E-state index in [1.807, 2.05) is 36.7 Å². The molecule has 1 atom stereocenters. The van der Waals surface area contributed by atoms with Gasteiger partial charge in [0.25, 0.3) is 0 Å². The van der Waals surface area contributed by atoms with E-state index in [9.17, 15) is 0 Å². The Hall–Kier alpha value is -2.55. The molecule has 0 aliphatic carbocycles. The van der Waals surface area contributed by atoms with Crippen molar-refractivity contribution in [3.8, 4) is 5.69 Å². The van der Waals surface area contributed by atoms with Crippen LogP contribution in [0.25, 0.3) is 5.69 Å². The first kappa shape index (κ1) is 13.4. The molecule has 3 nitrogen and oxygen atoms in total. The molecule has 106 valence electrons. The van der Waals surface area contributed by atoms with Crippen molar-refractivity contribution in [2.24, 2.45) is 0 Å². The molecule has 0 spiro atoms. The predicted molar refractivity (Wildman–Crippen MR) is 86.7 cm³/mol. The van der Waals surface area contributed by atoms with Gasteiger partial charge in [-0.15, -0.1) is 0 Å². The third kappa shape index (κ3) is 2.97. The Morgan fingerprint density at radius 3 is 2.33 bits per heavy atom. The molecule has 21 heavy (non-hydrogen) atoms. The lowest BCUT2D eigenvalue weighted by Crippen LogP contribution is -2.13. The number of nitrogens with one attached hydrogen (secondary N) is 1. The van der Waals surface area contributed by atoms with Crippen LogP contribution >= 0.6 is 0 Å². The Bertz CT molecular complexity index is 674. The second kappa shape index (κ2) is 6.27. The first-order valence-electron chi connectivity index (χ1n) is 7.28. The molecule has 3 aromatic rings. The minimum Gasteiger partial charge on any atom is -0.349 e. The summed E-state index contributed by atoms with van der Waals surface area (Å²) in [5.74, 6) is 0.872. The smallest absolute Gasteiger partial charge is 0.207 e. The fourth-order valence-corrected chi connectivity index (χ4v) is 2.47. The molecule has 0 aliphatic rings. The van der Waals surface area contributed by atoms with Crippen molar-refractivity contribution in [1.29, 1.82) is 0 Å². The van der Waals surface area contributed by atoms with Gasteiger partial charge in [-0.1, -0.05) is 55.5 Å². The van der Waals surface area contributed by atoms with E-state index in [-0.39, 0.29) is 6.04 Å². The van der Waals surface area contributed by atoms with Crippen molar-refractivity contribution >= 4 is 5.95 Å². The van der Waals surface area contributed by atoms with Gasteiger partial charge in [0, 0.05) is 18.1 Å². The van der Waals surface area contributed by atoms with E-state index in [1.165, 1.54) is 5.56 Å². The molecule has 0 fully saturated rings. The Kier molecular flexibility index (Phi) is 4.01. The molecule has 3 rings (SSSR count). The van der Waals surface area contributed by atoms with Gasteiger partial charge >= 0.3 is 0 Å². The quantitative estimate of drug-likeness (QED) is 0.747. The number of anilines is 1. The van der Waals surface area contributed by atoms with Gasteiger partial charge in [-0.25, -0.2) is 4.98 Å². The van der Waals surface area contributed by atoms with Crippen LogP contribution in [-0.4, -0.2) is 9.55 Å². The fourth-order valence-electron chi connectivity index (χ4n) is 2.47. The number of benzene rings is 2. The summed E-state index contributed by atoms with van der Waals surface area (Å²) in [5.41, 5.74) is 2.39. The molecule has 3 heteroatoms. The normalized spacial score (nSPS) is 12.0.